The third-order valence-electron chi connectivity index (χ3n) is 5.56. The van der Waals surface area contributed by atoms with Crippen molar-refractivity contribution in [3.05, 3.63) is 83.7 Å². The van der Waals surface area contributed by atoms with Gasteiger partial charge in [-0.1, -0.05) is 38.1 Å². The Labute approximate surface area is 185 Å². The number of amides is 2. The molecule has 0 saturated carbocycles. The van der Waals surface area contributed by atoms with Crippen molar-refractivity contribution in [2.75, 3.05) is 5.32 Å². The summed E-state index contributed by atoms with van der Waals surface area (Å²) in [5.74, 6) is -1.69. The first-order valence-electron chi connectivity index (χ1n) is 10.3. The van der Waals surface area contributed by atoms with Crippen molar-refractivity contribution in [3.63, 3.8) is 0 Å². The molecule has 1 aromatic heterocycles. The molecule has 3 aromatic rings. The van der Waals surface area contributed by atoms with E-state index in [-0.39, 0.29) is 17.7 Å². The van der Waals surface area contributed by atoms with Crippen molar-refractivity contribution in [1.82, 2.24) is 9.88 Å². The Morgan fingerprint density at radius 2 is 1.78 bits per heavy atom. The van der Waals surface area contributed by atoms with Gasteiger partial charge >= 0.3 is 5.97 Å². The number of carboxylic acids is 1. The maximum Gasteiger partial charge on any atom is 0.326 e. The number of carbonyl (C=O) groups excluding carboxylic acids is 2. The molecule has 32 heavy (non-hydrogen) atoms. The van der Waals surface area contributed by atoms with E-state index in [2.05, 4.69) is 10.3 Å². The zero-order valence-electron chi connectivity index (χ0n) is 17.8. The highest BCUT2D eigenvalue weighted by Gasteiger charge is 2.38. The summed E-state index contributed by atoms with van der Waals surface area (Å²) in [6, 6.07) is 15.5. The first-order valence-corrected chi connectivity index (χ1v) is 10.3. The lowest BCUT2D eigenvalue weighted by molar-refractivity contribution is -0.144. The van der Waals surface area contributed by atoms with Crippen molar-refractivity contribution in [2.45, 2.75) is 26.4 Å². The number of hydrogen-bond acceptors (Lipinski definition) is 4. The van der Waals surface area contributed by atoms with Gasteiger partial charge in [0.25, 0.3) is 11.8 Å². The summed E-state index contributed by atoms with van der Waals surface area (Å²) in [7, 11) is 0. The van der Waals surface area contributed by atoms with Gasteiger partial charge in [0, 0.05) is 30.2 Å². The molecule has 1 aliphatic heterocycles. The average molecular weight is 429 g/mol. The highest BCUT2D eigenvalue weighted by molar-refractivity contribution is 6.04. The molecule has 0 spiro atoms. The number of benzene rings is 2. The number of anilines is 1. The largest absolute Gasteiger partial charge is 0.480 e. The van der Waals surface area contributed by atoms with Gasteiger partial charge in [0.1, 0.15) is 6.04 Å². The van der Waals surface area contributed by atoms with Crippen molar-refractivity contribution >= 4 is 23.5 Å². The van der Waals surface area contributed by atoms with Crippen molar-refractivity contribution in [2.24, 2.45) is 5.92 Å². The lowest BCUT2D eigenvalue weighted by atomic mass is 10.00. The zero-order valence-corrected chi connectivity index (χ0v) is 17.8. The molecule has 2 aromatic carbocycles. The molecule has 2 amide bonds. The molecule has 0 fully saturated rings. The molecular weight excluding hydrogens is 406 g/mol. The highest BCUT2D eigenvalue weighted by atomic mass is 16.4. The maximum absolute atomic E-state index is 13.0. The second kappa shape index (κ2) is 8.63. The third kappa shape index (κ3) is 4.09. The number of nitrogens with zero attached hydrogens (tertiary/aromatic N) is 2. The summed E-state index contributed by atoms with van der Waals surface area (Å²) in [5.41, 5.74) is 4.21. The maximum atomic E-state index is 13.0. The van der Waals surface area contributed by atoms with E-state index in [0.717, 1.165) is 16.7 Å². The summed E-state index contributed by atoms with van der Waals surface area (Å²) < 4.78 is 0. The van der Waals surface area contributed by atoms with Crippen LogP contribution < -0.4 is 5.32 Å². The summed E-state index contributed by atoms with van der Waals surface area (Å²) in [4.78, 5) is 42.3. The first kappa shape index (κ1) is 21.2. The predicted octanol–water partition coefficient (Wildman–Crippen LogP) is 4.07. The molecule has 2 heterocycles. The van der Waals surface area contributed by atoms with Crippen LogP contribution in [0.1, 0.15) is 40.1 Å². The number of aromatic nitrogens is 1. The topological polar surface area (TPSA) is 99.6 Å². The Hall–Kier alpha value is -4.00. The van der Waals surface area contributed by atoms with E-state index in [0.29, 0.717) is 23.4 Å². The SMILES string of the molecule is CC(C)C(C(=O)O)N1Cc2ccc(-c3ccc(NC(=O)c4cccnc4)cc3)cc2C1=O. The van der Waals surface area contributed by atoms with Crippen LogP contribution >= 0.6 is 0 Å². The molecule has 4 rings (SSSR count). The number of pyridine rings is 1. The Morgan fingerprint density at radius 1 is 1.06 bits per heavy atom. The fourth-order valence-corrected chi connectivity index (χ4v) is 3.95. The van der Waals surface area contributed by atoms with Crippen LogP contribution in [0.25, 0.3) is 11.1 Å². The van der Waals surface area contributed by atoms with Gasteiger partial charge in [0.05, 0.1) is 5.56 Å². The van der Waals surface area contributed by atoms with Crippen LogP contribution in [0.5, 0.6) is 0 Å². The molecule has 0 radical (unpaired) electrons. The Kier molecular flexibility index (Phi) is 5.73. The molecule has 0 saturated heterocycles. The van der Waals surface area contributed by atoms with Gasteiger partial charge in [0.15, 0.2) is 0 Å². The molecule has 162 valence electrons. The summed E-state index contributed by atoms with van der Waals surface area (Å²) in [6.45, 7) is 3.90. The fraction of sp³-hybridized carbons (Fsp3) is 0.200. The Bertz CT molecular complexity index is 1170. The van der Waals surface area contributed by atoms with Gasteiger partial charge in [0.2, 0.25) is 0 Å². The molecule has 1 aliphatic rings. The standard InChI is InChI=1S/C25H23N3O4/c1-15(2)22(25(31)32)28-14-19-6-5-17(12-21(19)24(28)30)16-7-9-20(10-8-16)27-23(29)18-4-3-11-26-13-18/h3-13,15,22H,14H2,1-2H3,(H,27,29)(H,31,32). The van der Waals surface area contributed by atoms with E-state index in [1.807, 2.05) is 24.3 Å². The molecule has 1 unspecified atom stereocenters. The van der Waals surface area contributed by atoms with Crippen molar-refractivity contribution < 1.29 is 19.5 Å². The molecule has 1 atom stereocenters. The van der Waals surface area contributed by atoms with Crippen molar-refractivity contribution in [1.29, 1.82) is 0 Å². The van der Waals surface area contributed by atoms with Crippen LogP contribution in [0.4, 0.5) is 5.69 Å². The van der Waals surface area contributed by atoms with E-state index in [1.54, 1.807) is 50.4 Å². The summed E-state index contributed by atoms with van der Waals surface area (Å²) in [6.07, 6.45) is 3.11. The van der Waals surface area contributed by atoms with Crippen LogP contribution in [0.3, 0.4) is 0 Å². The van der Waals surface area contributed by atoms with Crippen LogP contribution in [0.2, 0.25) is 0 Å². The number of aliphatic carboxylic acids is 1. The second-order valence-corrected chi connectivity index (χ2v) is 8.11. The lowest BCUT2D eigenvalue weighted by Crippen LogP contribution is -2.44. The quantitative estimate of drug-likeness (QED) is 0.615. The Morgan fingerprint density at radius 3 is 2.41 bits per heavy atom. The molecular formula is C25H23N3O4. The van der Waals surface area contributed by atoms with Crippen LogP contribution in [-0.2, 0) is 11.3 Å². The van der Waals surface area contributed by atoms with E-state index in [9.17, 15) is 19.5 Å². The minimum atomic E-state index is -0.995. The van der Waals surface area contributed by atoms with Gasteiger partial charge in [-0.25, -0.2) is 4.79 Å². The number of fused-ring (bicyclic) bond motifs is 1. The first-order chi connectivity index (χ1) is 15.3. The van der Waals surface area contributed by atoms with Gasteiger partial charge in [-0.3, -0.25) is 14.6 Å². The van der Waals surface area contributed by atoms with Crippen LogP contribution in [0, 0.1) is 5.92 Å². The fourth-order valence-electron chi connectivity index (χ4n) is 3.95. The number of carboxylic acid groups (broad SMARTS) is 1. The minimum absolute atomic E-state index is 0.195. The van der Waals surface area contributed by atoms with Crippen LogP contribution in [-0.4, -0.2) is 38.8 Å². The van der Waals surface area contributed by atoms with E-state index in [4.69, 9.17) is 0 Å². The van der Waals surface area contributed by atoms with E-state index >= 15 is 0 Å². The van der Waals surface area contributed by atoms with E-state index < -0.39 is 12.0 Å². The molecule has 0 bridgehead atoms. The van der Waals surface area contributed by atoms with Gasteiger partial charge in [-0.15, -0.1) is 0 Å². The van der Waals surface area contributed by atoms with Gasteiger partial charge < -0.3 is 15.3 Å². The van der Waals surface area contributed by atoms with Gasteiger partial charge in [-0.2, -0.15) is 0 Å². The molecule has 0 aliphatic carbocycles. The summed E-state index contributed by atoms with van der Waals surface area (Å²) in [5, 5.41) is 12.4. The Balaban J connectivity index is 1.53. The number of nitrogens with one attached hydrogen (secondary N) is 1. The average Bonchev–Trinajstić information content (AvgIpc) is 3.10. The third-order valence-corrected chi connectivity index (χ3v) is 5.56. The minimum Gasteiger partial charge on any atom is -0.480 e. The molecule has 2 N–H and O–H groups in total. The number of carbonyl (C=O) groups is 3. The monoisotopic (exact) mass is 429 g/mol. The smallest absolute Gasteiger partial charge is 0.326 e. The van der Waals surface area contributed by atoms with Crippen LogP contribution in [0.15, 0.2) is 67.0 Å². The predicted molar refractivity (Wildman–Crippen MR) is 120 cm³/mol. The lowest BCUT2D eigenvalue weighted by Gasteiger charge is -2.27. The normalized spacial score (nSPS) is 13.7. The molecule has 7 nitrogen and oxygen atoms in total. The zero-order chi connectivity index (χ0) is 22.8. The van der Waals surface area contributed by atoms with Gasteiger partial charge in [-0.05, 0) is 52.9 Å². The van der Waals surface area contributed by atoms with Crippen molar-refractivity contribution in [3.8, 4) is 11.1 Å². The number of hydrogen-bond donors (Lipinski definition) is 2. The number of rotatable bonds is 6. The summed E-state index contributed by atoms with van der Waals surface area (Å²) >= 11 is 0. The second-order valence-electron chi connectivity index (χ2n) is 8.11. The molecule has 7 heteroatoms. The highest BCUT2D eigenvalue weighted by Crippen LogP contribution is 2.31. The van der Waals surface area contributed by atoms with E-state index in [1.165, 1.54) is 11.1 Å².